The van der Waals surface area contributed by atoms with Crippen LogP contribution in [0.15, 0.2) is 42.1 Å². The first kappa shape index (κ1) is 22.7. The molecule has 33 heavy (non-hydrogen) atoms. The molecule has 1 heterocycles. The predicted molar refractivity (Wildman–Crippen MR) is 123 cm³/mol. The van der Waals surface area contributed by atoms with Crippen LogP contribution >= 0.6 is 11.6 Å². The minimum Gasteiger partial charge on any atom is -0.496 e. The van der Waals surface area contributed by atoms with Crippen LogP contribution in [0, 0.1) is 5.92 Å². The number of hydrogen-bond donors (Lipinski definition) is 2. The fourth-order valence-corrected chi connectivity index (χ4v) is 4.51. The molecule has 0 unspecified atom stereocenters. The van der Waals surface area contributed by atoms with E-state index in [2.05, 4.69) is 10.6 Å². The van der Waals surface area contributed by atoms with Gasteiger partial charge < -0.3 is 24.8 Å². The van der Waals surface area contributed by atoms with Crippen molar-refractivity contribution in [2.24, 2.45) is 5.92 Å². The molecule has 0 fully saturated rings. The lowest BCUT2D eigenvalue weighted by Crippen LogP contribution is -2.55. The van der Waals surface area contributed by atoms with Gasteiger partial charge in [0, 0.05) is 42.1 Å². The molecular formula is C24H23ClN2O6. The number of carbonyl (C=O) groups is 3. The molecule has 0 bridgehead atoms. The molecule has 0 saturated carbocycles. The highest BCUT2D eigenvalue weighted by Crippen LogP contribution is 2.53. The van der Waals surface area contributed by atoms with Gasteiger partial charge in [0.1, 0.15) is 22.1 Å². The summed E-state index contributed by atoms with van der Waals surface area (Å²) in [6.07, 6.45) is 1.78. The third kappa shape index (κ3) is 3.70. The van der Waals surface area contributed by atoms with E-state index in [1.54, 1.807) is 31.2 Å². The zero-order valence-electron chi connectivity index (χ0n) is 18.6. The van der Waals surface area contributed by atoms with Crippen LogP contribution in [0.4, 0.5) is 11.4 Å². The van der Waals surface area contributed by atoms with E-state index in [0.29, 0.717) is 17.8 Å². The Morgan fingerprint density at radius 1 is 1.12 bits per heavy atom. The van der Waals surface area contributed by atoms with Crippen LogP contribution in [0.1, 0.15) is 30.6 Å². The van der Waals surface area contributed by atoms with Gasteiger partial charge in [-0.2, -0.15) is 0 Å². The maximum Gasteiger partial charge on any atom is 0.236 e. The van der Waals surface area contributed by atoms with Crippen molar-refractivity contribution in [1.82, 2.24) is 0 Å². The molecule has 0 radical (unpaired) electrons. The van der Waals surface area contributed by atoms with E-state index in [4.69, 9.17) is 25.8 Å². The Balaban J connectivity index is 1.63. The average molecular weight is 471 g/mol. The first-order valence-corrected chi connectivity index (χ1v) is 10.7. The third-order valence-electron chi connectivity index (χ3n) is 5.82. The zero-order chi connectivity index (χ0) is 23.9. The van der Waals surface area contributed by atoms with Crippen molar-refractivity contribution < 1.29 is 28.6 Å². The molecule has 1 aliphatic heterocycles. The number of nitrogens with one attached hydrogen (secondary N) is 2. The molecule has 1 aliphatic carbocycles. The number of halogens is 1. The predicted octanol–water partition coefficient (Wildman–Crippen LogP) is 4.23. The quantitative estimate of drug-likeness (QED) is 0.630. The van der Waals surface area contributed by atoms with Gasteiger partial charge in [0.15, 0.2) is 5.75 Å². The minimum atomic E-state index is -1.72. The van der Waals surface area contributed by atoms with E-state index in [-0.39, 0.29) is 33.7 Å². The molecule has 2 atom stereocenters. The lowest BCUT2D eigenvalue weighted by molar-refractivity contribution is -0.129. The Kier molecular flexibility index (Phi) is 5.80. The number of hydrogen-bond acceptors (Lipinski definition) is 7. The van der Waals surface area contributed by atoms with Crippen LogP contribution in [0.3, 0.4) is 0 Å². The number of benzene rings is 2. The van der Waals surface area contributed by atoms with Gasteiger partial charge in [-0.15, -0.1) is 0 Å². The summed E-state index contributed by atoms with van der Waals surface area (Å²) in [4.78, 5) is 38.0. The van der Waals surface area contributed by atoms with Gasteiger partial charge >= 0.3 is 0 Å². The summed E-state index contributed by atoms with van der Waals surface area (Å²) >= 11 is 6.40. The van der Waals surface area contributed by atoms with Gasteiger partial charge in [-0.05, 0) is 30.7 Å². The number of Topliss-reactive ketones (excluding diaryl/α,β-unsaturated/α-hetero) is 1. The van der Waals surface area contributed by atoms with Gasteiger partial charge in [-0.25, -0.2) is 0 Å². The van der Waals surface area contributed by atoms with Gasteiger partial charge in [-0.1, -0.05) is 18.5 Å². The fourth-order valence-electron chi connectivity index (χ4n) is 4.24. The second kappa shape index (κ2) is 8.44. The van der Waals surface area contributed by atoms with Crippen LogP contribution in [0.25, 0.3) is 0 Å². The van der Waals surface area contributed by atoms with Crippen molar-refractivity contribution in [3.8, 4) is 17.2 Å². The number of anilines is 2. The van der Waals surface area contributed by atoms with E-state index in [0.717, 1.165) is 5.69 Å². The lowest BCUT2D eigenvalue weighted by atomic mass is 9.74. The summed E-state index contributed by atoms with van der Waals surface area (Å²) in [5, 5.41) is 6.02. The summed E-state index contributed by atoms with van der Waals surface area (Å²) in [6.45, 7) is 3.22. The Morgan fingerprint density at radius 3 is 2.33 bits per heavy atom. The number of fused-ring (bicyclic) bond motifs is 1. The molecule has 2 aromatic carbocycles. The van der Waals surface area contributed by atoms with Crippen LogP contribution < -0.4 is 24.8 Å². The normalized spacial score (nSPS) is 21.2. The number of carbonyl (C=O) groups excluding carboxylic acids is 3. The number of ether oxygens (including phenoxy) is 3. The number of allylic oxidation sites excluding steroid dienone is 1. The van der Waals surface area contributed by atoms with E-state index < -0.39 is 23.1 Å². The summed E-state index contributed by atoms with van der Waals surface area (Å²) in [5.41, 5.74) is 0.475. The maximum atomic E-state index is 13.5. The Morgan fingerprint density at radius 2 is 1.76 bits per heavy atom. The van der Waals surface area contributed by atoms with Crippen LogP contribution in [0.2, 0.25) is 5.02 Å². The maximum absolute atomic E-state index is 13.5. The topological polar surface area (TPSA) is 103 Å². The second-order valence-electron chi connectivity index (χ2n) is 7.99. The largest absolute Gasteiger partial charge is 0.496 e. The third-order valence-corrected chi connectivity index (χ3v) is 6.18. The van der Waals surface area contributed by atoms with Gasteiger partial charge in [-0.3, -0.25) is 14.4 Å². The second-order valence-corrected chi connectivity index (χ2v) is 8.37. The molecular weight excluding hydrogens is 448 g/mol. The molecule has 8 nitrogen and oxygen atoms in total. The van der Waals surface area contributed by atoms with Gasteiger partial charge in [0.05, 0.1) is 14.2 Å². The van der Waals surface area contributed by atoms with Crippen LogP contribution in [0.5, 0.6) is 17.2 Å². The Bertz CT molecular complexity index is 1190. The van der Waals surface area contributed by atoms with Gasteiger partial charge in [0.2, 0.25) is 23.1 Å². The number of methoxy groups -OCH3 is 2. The monoisotopic (exact) mass is 470 g/mol. The number of amides is 1. The van der Waals surface area contributed by atoms with Crippen LogP contribution in [-0.2, 0) is 9.59 Å². The summed E-state index contributed by atoms with van der Waals surface area (Å²) < 4.78 is 16.7. The molecule has 2 aromatic rings. The summed E-state index contributed by atoms with van der Waals surface area (Å²) in [6, 6.07) is 8.58. The fraction of sp³-hybridized carbons (Fsp3) is 0.292. The molecule has 4 rings (SSSR count). The average Bonchev–Trinajstić information content (AvgIpc) is 3.09. The number of ketones is 2. The first-order chi connectivity index (χ1) is 15.7. The van der Waals surface area contributed by atoms with Crippen molar-refractivity contribution in [2.75, 3.05) is 24.9 Å². The van der Waals surface area contributed by atoms with E-state index in [9.17, 15) is 14.4 Å². The molecule has 2 N–H and O–H groups in total. The minimum absolute atomic E-state index is 0.0939. The number of rotatable bonds is 5. The van der Waals surface area contributed by atoms with Crippen LogP contribution in [-0.4, -0.2) is 37.3 Å². The Hall–Kier alpha value is -3.52. The van der Waals surface area contributed by atoms with Crippen molar-refractivity contribution in [1.29, 1.82) is 0 Å². The SMILES string of the molecule is COc1cc(OC)c2c(c1Cl)O[C@@]1(C(=O)C=C(Nc3ccc(NC(C)=O)cc3)C[C@H]1C)C2=O. The summed E-state index contributed by atoms with van der Waals surface area (Å²) in [5.74, 6) is -0.983. The molecule has 2 aliphatic rings. The zero-order valence-corrected chi connectivity index (χ0v) is 19.3. The molecule has 0 saturated heterocycles. The highest BCUT2D eigenvalue weighted by Gasteiger charge is 2.60. The highest BCUT2D eigenvalue weighted by atomic mass is 35.5. The van der Waals surface area contributed by atoms with E-state index in [1.807, 2.05) is 0 Å². The van der Waals surface area contributed by atoms with Crippen molar-refractivity contribution >= 4 is 40.4 Å². The molecule has 0 aromatic heterocycles. The van der Waals surface area contributed by atoms with E-state index in [1.165, 1.54) is 33.3 Å². The Labute approximate surface area is 195 Å². The summed E-state index contributed by atoms with van der Waals surface area (Å²) in [7, 11) is 2.86. The van der Waals surface area contributed by atoms with Gasteiger partial charge in [0.25, 0.3) is 0 Å². The van der Waals surface area contributed by atoms with Crippen molar-refractivity contribution in [3.63, 3.8) is 0 Å². The molecule has 1 amide bonds. The first-order valence-electron chi connectivity index (χ1n) is 10.3. The highest BCUT2D eigenvalue weighted by molar-refractivity contribution is 6.36. The van der Waals surface area contributed by atoms with Crippen molar-refractivity contribution in [2.45, 2.75) is 25.9 Å². The smallest absolute Gasteiger partial charge is 0.236 e. The van der Waals surface area contributed by atoms with E-state index >= 15 is 0 Å². The molecule has 1 spiro atoms. The molecule has 9 heteroatoms. The van der Waals surface area contributed by atoms with Crippen molar-refractivity contribution in [3.05, 3.63) is 52.7 Å². The molecule has 172 valence electrons. The lowest BCUT2D eigenvalue weighted by Gasteiger charge is -2.35. The standard InChI is InChI=1S/C24H23ClN2O6/c1-12-9-16(27-15-7-5-14(6-8-15)26-13(2)28)10-19(29)24(12)23(30)20-17(31-3)11-18(32-4)21(25)22(20)33-24/h5-8,10-12,27H,9H2,1-4H3,(H,26,28)/t12-,24+/m1/s1.